The summed E-state index contributed by atoms with van der Waals surface area (Å²) in [5.41, 5.74) is 0.500. The number of benzene rings is 1. The summed E-state index contributed by atoms with van der Waals surface area (Å²) in [6.45, 7) is 0. The lowest BCUT2D eigenvalue weighted by atomic mass is 9.86. The lowest BCUT2D eigenvalue weighted by Gasteiger charge is -2.26. The molecule has 0 heterocycles. The maximum atomic E-state index is 12.5. The van der Waals surface area contributed by atoms with Crippen molar-refractivity contribution in [1.29, 1.82) is 0 Å². The van der Waals surface area contributed by atoms with E-state index in [1.54, 1.807) is 19.2 Å². The number of carboxylic acid groups (broad SMARTS) is 1. The number of urea groups is 1. The molecule has 3 N–H and O–H groups in total. The molecule has 1 aromatic carbocycles. The second-order valence-electron chi connectivity index (χ2n) is 7.26. The van der Waals surface area contributed by atoms with Gasteiger partial charge in [0.25, 0.3) is 0 Å². The normalized spacial score (nSPS) is 23.0. The Bertz CT molecular complexity index is 797. The largest absolute Gasteiger partial charge is 0.481 e. The number of anilines is 1. The molecule has 2 fully saturated rings. The van der Waals surface area contributed by atoms with Gasteiger partial charge in [-0.3, -0.25) is 4.79 Å². The van der Waals surface area contributed by atoms with Gasteiger partial charge in [0.2, 0.25) is 10.0 Å². The lowest BCUT2D eigenvalue weighted by Crippen LogP contribution is -2.41. The monoisotopic (exact) mass is 395 g/mol. The number of amides is 2. The molecule has 0 unspecified atom stereocenters. The minimum Gasteiger partial charge on any atom is -0.481 e. The Morgan fingerprint density at radius 2 is 1.63 bits per heavy atom. The van der Waals surface area contributed by atoms with Crippen LogP contribution < -0.4 is 10.6 Å². The highest BCUT2D eigenvalue weighted by Crippen LogP contribution is 2.30. The van der Waals surface area contributed by atoms with Gasteiger partial charge in [-0.2, -0.15) is 4.31 Å². The molecule has 0 spiro atoms. The topological polar surface area (TPSA) is 116 Å². The van der Waals surface area contributed by atoms with Gasteiger partial charge in [-0.1, -0.05) is 0 Å². The number of hydrogen-bond donors (Lipinski definition) is 3. The van der Waals surface area contributed by atoms with Crippen molar-refractivity contribution in [1.82, 2.24) is 9.62 Å². The molecule has 0 aromatic heterocycles. The highest BCUT2D eigenvalue weighted by molar-refractivity contribution is 7.89. The molecule has 2 aliphatic carbocycles. The first-order chi connectivity index (χ1) is 12.8. The van der Waals surface area contributed by atoms with E-state index in [1.807, 2.05) is 0 Å². The summed E-state index contributed by atoms with van der Waals surface area (Å²) in [7, 11) is -1.91. The first kappa shape index (κ1) is 19.6. The summed E-state index contributed by atoms with van der Waals surface area (Å²) in [5, 5.41) is 14.5. The number of carbonyl (C=O) groups excluding carboxylic acids is 1. The minimum absolute atomic E-state index is 0.0487. The van der Waals surface area contributed by atoms with E-state index in [9.17, 15) is 18.0 Å². The highest BCUT2D eigenvalue weighted by atomic mass is 32.2. The zero-order valence-corrected chi connectivity index (χ0v) is 16.0. The van der Waals surface area contributed by atoms with E-state index in [4.69, 9.17) is 5.11 Å². The van der Waals surface area contributed by atoms with Crippen LogP contribution in [0.2, 0.25) is 0 Å². The Morgan fingerprint density at radius 3 is 2.15 bits per heavy atom. The van der Waals surface area contributed by atoms with Gasteiger partial charge in [0.15, 0.2) is 0 Å². The van der Waals surface area contributed by atoms with Crippen molar-refractivity contribution >= 4 is 27.7 Å². The van der Waals surface area contributed by atoms with Gasteiger partial charge >= 0.3 is 12.0 Å². The number of carbonyl (C=O) groups is 2. The van der Waals surface area contributed by atoms with Crippen molar-refractivity contribution in [3.63, 3.8) is 0 Å². The van der Waals surface area contributed by atoms with Crippen molar-refractivity contribution in [3.8, 4) is 0 Å². The van der Waals surface area contributed by atoms with Gasteiger partial charge < -0.3 is 15.7 Å². The minimum atomic E-state index is -3.50. The van der Waals surface area contributed by atoms with Crippen molar-refractivity contribution < 1.29 is 23.1 Å². The summed E-state index contributed by atoms with van der Waals surface area (Å²) in [4.78, 5) is 23.3. The predicted octanol–water partition coefficient (Wildman–Crippen LogP) is 2.23. The van der Waals surface area contributed by atoms with Crippen LogP contribution in [-0.4, -0.2) is 49.0 Å². The van der Waals surface area contributed by atoms with Crippen LogP contribution in [0.3, 0.4) is 0 Å². The van der Waals surface area contributed by atoms with Crippen LogP contribution in [0.5, 0.6) is 0 Å². The maximum Gasteiger partial charge on any atom is 0.319 e. The van der Waals surface area contributed by atoms with E-state index >= 15 is 0 Å². The molecule has 0 saturated heterocycles. The standard InChI is InChI=1S/C18H25N3O5S/c1-21(15-8-9-15)27(25,26)16-10-6-14(7-11-16)20-18(24)19-13-4-2-12(3-5-13)17(22)23/h6-7,10-13,15H,2-5,8-9H2,1H3,(H,22,23)(H2,19,20,24). The van der Waals surface area contributed by atoms with Crippen LogP contribution in [0.25, 0.3) is 0 Å². The van der Waals surface area contributed by atoms with Crippen LogP contribution in [0.15, 0.2) is 29.2 Å². The fourth-order valence-corrected chi connectivity index (χ4v) is 4.76. The molecule has 2 aliphatic rings. The molecule has 3 rings (SSSR count). The van der Waals surface area contributed by atoms with Gasteiger partial charge in [0.1, 0.15) is 0 Å². The Morgan fingerprint density at radius 1 is 1.04 bits per heavy atom. The third-order valence-electron chi connectivity index (χ3n) is 5.26. The number of carboxylic acids is 1. The molecular formula is C18H25N3O5S. The molecule has 148 valence electrons. The molecule has 0 bridgehead atoms. The van der Waals surface area contributed by atoms with E-state index in [2.05, 4.69) is 10.6 Å². The number of hydrogen-bond acceptors (Lipinski definition) is 4. The number of nitrogens with one attached hydrogen (secondary N) is 2. The van der Waals surface area contributed by atoms with Crippen molar-refractivity contribution in [2.45, 2.75) is 55.5 Å². The third kappa shape index (κ3) is 4.78. The summed E-state index contributed by atoms with van der Waals surface area (Å²) in [6.07, 6.45) is 4.17. The van der Waals surface area contributed by atoms with E-state index in [1.165, 1.54) is 16.4 Å². The van der Waals surface area contributed by atoms with Crippen LogP contribution in [0.4, 0.5) is 10.5 Å². The van der Waals surface area contributed by atoms with Gasteiger partial charge in [-0.05, 0) is 62.8 Å². The van der Waals surface area contributed by atoms with Crippen LogP contribution >= 0.6 is 0 Å². The molecule has 9 heteroatoms. The average Bonchev–Trinajstić information content (AvgIpc) is 3.47. The van der Waals surface area contributed by atoms with Gasteiger partial charge in [0.05, 0.1) is 10.8 Å². The summed E-state index contributed by atoms with van der Waals surface area (Å²) >= 11 is 0. The predicted molar refractivity (Wildman–Crippen MR) is 99.9 cm³/mol. The Balaban J connectivity index is 1.52. The Kier molecular flexibility index (Phi) is 5.71. The lowest BCUT2D eigenvalue weighted by molar-refractivity contribution is -0.142. The van der Waals surface area contributed by atoms with Crippen molar-refractivity contribution in [2.75, 3.05) is 12.4 Å². The summed E-state index contributed by atoms with van der Waals surface area (Å²) in [6, 6.07) is 5.77. The zero-order valence-electron chi connectivity index (χ0n) is 15.2. The summed E-state index contributed by atoms with van der Waals surface area (Å²) < 4.78 is 26.3. The number of aliphatic carboxylic acids is 1. The molecule has 0 aliphatic heterocycles. The summed E-state index contributed by atoms with van der Waals surface area (Å²) in [5.74, 6) is -1.10. The van der Waals surface area contributed by atoms with Gasteiger partial charge in [-0.15, -0.1) is 0 Å². The fraction of sp³-hybridized carbons (Fsp3) is 0.556. The number of sulfonamides is 1. The fourth-order valence-electron chi connectivity index (χ4n) is 3.35. The molecular weight excluding hydrogens is 370 g/mol. The highest BCUT2D eigenvalue weighted by Gasteiger charge is 2.35. The maximum absolute atomic E-state index is 12.5. The second kappa shape index (κ2) is 7.85. The van der Waals surface area contributed by atoms with Gasteiger partial charge in [-0.25, -0.2) is 13.2 Å². The molecule has 0 atom stereocenters. The third-order valence-corrected chi connectivity index (χ3v) is 7.19. The second-order valence-corrected chi connectivity index (χ2v) is 9.26. The molecule has 8 nitrogen and oxygen atoms in total. The van der Waals surface area contributed by atoms with Crippen molar-refractivity contribution in [3.05, 3.63) is 24.3 Å². The molecule has 0 radical (unpaired) electrons. The quantitative estimate of drug-likeness (QED) is 0.683. The zero-order chi connectivity index (χ0) is 19.6. The molecule has 27 heavy (non-hydrogen) atoms. The Hall–Kier alpha value is -2.13. The number of nitrogens with zero attached hydrogens (tertiary/aromatic N) is 1. The van der Waals surface area contributed by atoms with E-state index in [-0.39, 0.29) is 28.9 Å². The SMILES string of the molecule is CN(C1CC1)S(=O)(=O)c1ccc(NC(=O)NC2CCC(C(=O)O)CC2)cc1. The van der Waals surface area contributed by atoms with Crippen molar-refractivity contribution in [2.24, 2.45) is 5.92 Å². The van der Waals surface area contributed by atoms with Crippen LogP contribution in [-0.2, 0) is 14.8 Å². The average molecular weight is 395 g/mol. The molecule has 2 amide bonds. The molecule has 2 saturated carbocycles. The number of rotatable bonds is 6. The first-order valence-electron chi connectivity index (χ1n) is 9.16. The van der Waals surface area contributed by atoms with Gasteiger partial charge in [0, 0.05) is 24.8 Å². The van der Waals surface area contributed by atoms with Crippen LogP contribution in [0.1, 0.15) is 38.5 Å². The first-order valence-corrected chi connectivity index (χ1v) is 10.6. The Labute approximate surface area is 159 Å². The van der Waals surface area contributed by atoms with Crippen LogP contribution in [0, 0.1) is 5.92 Å². The van der Waals surface area contributed by atoms with E-state index in [0.717, 1.165) is 12.8 Å². The molecule has 1 aromatic rings. The van der Waals surface area contributed by atoms with E-state index < -0.39 is 16.0 Å². The smallest absolute Gasteiger partial charge is 0.319 e. The van der Waals surface area contributed by atoms with E-state index in [0.29, 0.717) is 31.4 Å².